The van der Waals surface area contributed by atoms with Gasteiger partial charge in [-0.2, -0.15) is 0 Å². The van der Waals surface area contributed by atoms with E-state index in [2.05, 4.69) is 10.3 Å². The van der Waals surface area contributed by atoms with E-state index in [1.54, 1.807) is 18.3 Å². The highest BCUT2D eigenvalue weighted by Gasteiger charge is 2.13. The van der Waals surface area contributed by atoms with Gasteiger partial charge in [0.2, 0.25) is 0 Å². The van der Waals surface area contributed by atoms with Gasteiger partial charge in [-0.1, -0.05) is 29.3 Å². The smallest absolute Gasteiger partial charge is 0.130 e. The number of aromatic nitrogens is 2. The fourth-order valence-corrected chi connectivity index (χ4v) is 2.22. The Labute approximate surface area is 110 Å². The van der Waals surface area contributed by atoms with Crippen molar-refractivity contribution in [3.05, 3.63) is 46.5 Å². The van der Waals surface area contributed by atoms with Gasteiger partial charge < -0.3 is 9.88 Å². The molecule has 1 unspecified atom stereocenters. The van der Waals surface area contributed by atoms with Crippen molar-refractivity contribution in [1.82, 2.24) is 9.55 Å². The summed E-state index contributed by atoms with van der Waals surface area (Å²) in [5.41, 5.74) is 0.742. The highest BCUT2D eigenvalue weighted by Crippen LogP contribution is 2.32. The van der Waals surface area contributed by atoms with Gasteiger partial charge in [0.1, 0.15) is 5.82 Å². The Morgan fingerprint density at radius 1 is 1.29 bits per heavy atom. The third-order valence-corrected chi connectivity index (χ3v) is 3.20. The minimum atomic E-state index is 0.0346. The van der Waals surface area contributed by atoms with Crippen LogP contribution in [-0.4, -0.2) is 9.55 Å². The molecule has 0 saturated carbocycles. The van der Waals surface area contributed by atoms with Crippen LogP contribution in [0.3, 0.4) is 0 Å². The molecule has 0 radical (unpaired) electrons. The number of rotatable bonds is 3. The summed E-state index contributed by atoms with van der Waals surface area (Å²) in [6, 6.07) is 5.47. The van der Waals surface area contributed by atoms with Gasteiger partial charge in [0.05, 0.1) is 21.8 Å². The van der Waals surface area contributed by atoms with Gasteiger partial charge in [-0.25, -0.2) is 4.98 Å². The number of hydrogen-bond donors (Lipinski definition) is 1. The van der Waals surface area contributed by atoms with Crippen LogP contribution in [-0.2, 0) is 7.05 Å². The zero-order valence-electron chi connectivity index (χ0n) is 9.61. The van der Waals surface area contributed by atoms with Gasteiger partial charge in [-0.3, -0.25) is 0 Å². The Morgan fingerprint density at radius 2 is 1.94 bits per heavy atom. The Morgan fingerprint density at radius 3 is 2.47 bits per heavy atom. The monoisotopic (exact) mass is 269 g/mol. The first-order chi connectivity index (χ1) is 8.09. The van der Waals surface area contributed by atoms with Crippen LogP contribution in [0.25, 0.3) is 0 Å². The molecule has 0 fully saturated rings. The maximum Gasteiger partial charge on any atom is 0.130 e. The van der Waals surface area contributed by atoms with E-state index in [4.69, 9.17) is 23.2 Å². The molecule has 0 spiro atoms. The second-order valence-corrected chi connectivity index (χ2v) is 4.67. The topological polar surface area (TPSA) is 29.9 Å². The van der Waals surface area contributed by atoms with Crippen molar-refractivity contribution in [2.45, 2.75) is 13.0 Å². The van der Waals surface area contributed by atoms with Gasteiger partial charge in [0.25, 0.3) is 0 Å². The lowest BCUT2D eigenvalue weighted by Gasteiger charge is -2.17. The molecule has 0 saturated heterocycles. The van der Waals surface area contributed by atoms with E-state index in [1.165, 1.54) is 0 Å². The van der Waals surface area contributed by atoms with Crippen LogP contribution in [0.4, 0.5) is 5.69 Å². The summed E-state index contributed by atoms with van der Waals surface area (Å²) < 4.78 is 1.96. The summed E-state index contributed by atoms with van der Waals surface area (Å²) in [5.74, 6) is 0.931. The van der Waals surface area contributed by atoms with Crippen molar-refractivity contribution in [3.8, 4) is 0 Å². The Balaban J connectivity index is 2.25. The third-order valence-electron chi connectivity index (χ3n) is 2.57. The summed E-state index contributed by atoms with van der Waals surface area (Å²) in [5, 5.41) is 4.49. The lowest BCUT2D eigenvalue weighted by molar-refractivity contribution is 0.722. The zero-order chi connectivity index (χ0) is 12.4. The van der Waals surface area contributed by atoms with Crippen molar-refractivity contribution in [2.75, 3.05) is 5.32 Å². The number of para-hydroxylation sites is 1. The molecule has 1 aromatic heterocycles. The molecule has 17 heavy (non-hydrogen) atoms. The van der Waals surface area contributed by atoms with Crippen LogP contribution in [0.5, 0.6) is 0 Å². The lowest BCUT2D eigenvalue weighted by atomic mass is 10.2. The van der Waals surface area contributed by atoms with Crippen molar-refractivity contribution in [3.63, 3.8) is 0 Å². The van der Waals surface area contributed by atoms with E-state index in [0.29, 0.717) is 10.0 Å². The van der Waals surface area contributed by atoms with Crippen LogP contribution in [0.15, 0.2) is 30.6 Å². The number of imidazole rings is 1. The second kappa shape index (κ2) is 4.98. The molecule has 2 rings (SSSR count). The van der Waals surface area contributed by atoms with E-state index in [-0.39, 0.29) is 6.04 Å². The predicted octanol–water partition coefficient (Wildman–Crippen LogP) is 3.90. The number of anilines is 1. The molecule has 2 aromatic rings. The number of hydrogen-bond acceptors (Lipinski definition) is 2. The maximum atomic E-state index is 6.10. The summed E-state index contributed by atoms with van der Waals surface area (Å²) in [6.45, 7) is 2.02. The molecule has 1 atom stereocenters. The third kappa shape index (κ3) is 2.56. The average molecular weight is 270 g/mol. The average Bonchev–Trinajstić information content (AvgIpc) is 2.70. The number of halogens is 2. The zero-order valence-corrected chi connectivity index (χ0v) is 11.1. The van der Waals surface area contributed by atoms with Crippen molar-refractivity contribution >= 4 is 28.9 Å². The minimum absolute atomic E-state index is 0.0346. The maximum absolute atomic E-state index is 6.10. The summed E-state index contributed by atoms with van der Waals surface area (Å²) >= 11 is 12.2. The summed E-state index contributed by atoms with van der Waals surface area (Å²) in [4.78, 5) is 4.29. The fourth-order valence-electron chi connectivity index (χ4n) is 1.71. The molecule has 3 nitrogen and oxygen atoms in total. The highest BCUT2D eigenvalue weighted by atomic mass is 35.5. The fraction of sp³-hybridized carbons (Fsp3) is 0.250. The molecular formula is C12H13Cl2N3. The predicted molar refractivity (Wildman–Crippen MR) is 71.7 cm³/mol. The second-order valence-electron chi connectivity index (χ2n) is 3.86. The van der Waals surface area contributed by atoms with E-state index in [0.717, 1.165) is 11.5 Å². The summed E-state index contributed by atoms with van der Waals surface area (Å²) in [7, 11) is 1.95. The minimum Gasteiger partial charge on any atom is -0.373 e. The van der Waals surface area contributed by atoms with Gasteiger partial charge in [0.15, 0.2) is 0 Å². The van der Waals surface area contributed by atoms with Gasteiger partial charge in [0, 0.05) is 19.4 Å². The molecule has 0 bridgehead atoms. The van der Waals surface area contributed by atoms with E-state index < -0.39 is 0 Å². The van der Waals surface area contributed by atoms with Crippen molar-refractivity contribution in [2.24, 2.45) is 7.05 Å². The molecular weight excluding hydrogens is 257 g/mol. The van der Waals surface area contributed by atoms with E-state index in [9.17, 15) is 0 Å². The number of aryl methyl sites for hydroxylation is 1. The SMILES string of the molecule is CC(Nc1c(Cl)cccc1Cl)c1nccn1C. The molecule has 5 heteroatoms. The molecule has 0 aliphatic heterocycles. The first kappa shape index (κ1) is 12.3. The Kier molecular flexibility index (Phi) is 3.60. The number of nitrogens with one attached hydrogen (secondary N) is 1. The van der Waals surface area contributed by atoms with Crippen LogP contribution in [0.2, 0.25) is 10.0 Å². The Bertz CT molecular complexity index is 502. The van der Waals surface area contributed by atoms with Crippen LogP contribution >= 0.6 is 23.2 Å². The quantitative estimate of drug-likeness (QED) is 0.916. The molecule has 1 aromatic carbocycles. The molecule has 0 amide bonds. The highest BCUT2D eigenvalue weighted by molar-refractivity contribution is 6.39. The largest absolute Gasteiger partial charge is 0.373 e. The Hall–Kier alpha value is -1.19. The molecule has 0 aliphatic carbocycles. The van der Waals surface area contributed by atoms with Crippen molar-refractivity contribution in [1.29, 1.82) is 0 Å². The lowest BCUT2D eigenvalue weighted by Crippen LogP contribution is -2.12. The van der Waals surface area contributed by atoms with Gasteiger partial charge in [-0.05, 0) is 19.1 Å². The molecule has 90 valence electrons. The number of nitrogens with zero attached hydrogens (tertiary/aromatic N) is 2. The molecule has 1 heterocycles. The van der Waals surface area contributed by atoms with Crippen LogP contribution < -0.4 is 5.32 Å². The standard InChI is InChI=1S/C12H13Cl2N3/c1-8(12-15-6-7-17(12)2)16-11-9(13)4-3-5-10(11)14/h3-8,16H,1-2H3. The van der Waals surface area contributed by atoms with E-state index >= 15 is 0 Å². The molecule has 1 N–H and O–H groups in total. The van der Waals surface area contributed by atoms with Gasteiger partial charge >= 0.3 is 0 Å². The normalized spacial score (nSPS) is 12.5. The summed E-state index contributed by atoms with van der Waals surface area (Å²) in [6.07, 6.45) is 3.67. The van der Waals surface area contributed by atoms with Gasteiger partial charge in [-0.15, -0.1) is 0 Å². The first-order valence-electron chi connectivity index (χ1n) is 5.27. The number of benzene rings is 1. The molecule has 0 aliphatic rings. The van der Waals surface area contributed by atoms with E-state index in [1.807, 2.05) is 30.8 Å². The van der Waals surface area contributed by atoms with Crippen molar-refractivity contribution < 1.29 is 0 Å². The van der Waals surface area contributed by atoms with Crippen LogP contribution in [0.1, 0.15) is 18.8 Å². The first-order valence-corrected chi connectivity index (χ1v) is 6.03. The van der Waals surface area contributed by atoms with Crippen LogP contribution in [0, 0.1) is 0 Å².